The SMILES string of the molecule is Cc1ccc(CC(Nc2ccccc2[N+](=O)[O-])C(=O)N2CC3(COC3)C2)cc1. The summed E-state index contributed by atoms with van der Waals surface area (Å²) in [5, 5.41) is 14.5. The minimum absolute atomic E-state index is 0.0309. The lowest BCUT2D eigenvalue weighted by molar-refractivity contribution is -0.384. The highest BCUT2D eigenvalue weighted by atomic mass is 16.6. The molecule has 7 nitrogen and oxygen atoms in total. The third kappa shape index (κ3) is 3.57. The first-order chi connectivity index (χ1) is 13.5. The Morgan fingerprint density at radius 2 is 1.89 bits per heavy atom. The summed E-state index contributed by atoms with van der Waals surface area (Å²) >= 11 is 0. The van der Waals surface area contributed by atoms with Crippen molar-refractivity contribution in [2.75, 3.05) is 31.6 Å². The van der Waals surface area contributed by atoms with Crippen molar-refractivity contribution in [3.63, 3.8) is 0 Å². The molecule has 2 fully saturated rings. The highest BCUT2D eigenvalue weighted by Gasteiger charge is 2.51. The largest absolute Gasteiger partial charge is 0.380 e. The quantitative estimate of drug-likeness (QED) is 0.614. The van der Waals surface area contributed by atoms with Crippen molar-refractivity contribution in [2.45, 2.75) is 19.4 Å². The van der Waals surface area contributed by atoms with Crippen LogP contribution in [0.15, 0.2) is 48.5 Å². The van der Waals surface area contributed by atoms with Crippen LogP contribution in [0.5, 0.6) is 0 Å². The maximum atomic E-state index is 13.2. The van der Waals surface area contributed by atoms with E-state index in [0.29, 0.717) is 38.4 Å². The van der Waals surface area contributed by atoms with Gasteiger partial charge in [0.25, 0.3) is 5.69 Å². The predicted octanol–water partition coefficient (Wildman–Crippen LogP) is 2.79. The summed E-state index contributed by atoms with van der Waals surface area (Å²) in [5.74, 6) is -0.0312. The summed E-state index contributed by atoms with van der Waals surface area (Å²) in [4.78, 5) is 25.9. The fourth-order valence-corrected chi connectivity index (χ4v) is 3.82. The van der Waals surface area contributed by atoms with Crippen LogP contribution < -0.4 is 5.32 Å². The summed E-state index contributed by atoms with van der Waals surface area (Å²) < 4.78 is 5.28. The first-order valence-corrected chi connectivity index (χ1v) is 9.38. The number of nitrogens with one attached hydrogen (secondary N) is 1. The smallest absolute Gasteiger partial charge is 0.292 e. The number of benzene rings is 2. The van der Waals surface area contributed by atoms with Gasteiger partial charge in [0.15, 0.2) is 0 Å². The van der Waals surface area contributed by atoms with E-state index in [-0.39, 0.29) is 17.0 Å². The molecule has 0 aliphatic carbocycles. The zero-order chi connectivity index (χ0) is 19.7. The van der Waals surface area contributed by atoms with E-state index in [1.54, 1.807) is 18.2 Å². The van der Waals surface area contributed by atoms with Crippen molar-refractivity contribution in [2.24, 2.45) is 5.41 Å². The Morgan fingerprint density at radius 3 is 2.50 bits per heavy atom. The van der Waals surface area contributed by atoms with E-state index in [4.69, 9.17) is 4.74 Å². The maximum Gasteiger partial charge on any atom is 0.292 e. The molecule has 1 amide bonds. The molecule has 2 aromatic carbocycles. The van der Waals surface area contributed by atoms with Gasteiger partial charge >= 0.3 is 0 Å². The van der Waals surface area contributed by atoms with Gasteiger partial charge in [0, 0.05) is 25.6 Å². The van der Waals surface area contributed by atoms with Crippen LogP contribution in [-0.2, 0) is 16.0 Å². The van der Waals surface area contributed by atoms with Crippen LogP contribution in [-0.4, -0.2) is 48.1 Å². The lowest BCUT2D eigenvalue weighted by Gasteiger charge is -2.55. The predicted molar refractivity (Wildman–Crippen MR) is 105 cm³/mol. The Kier molecular flexibility index (Phi) is 4.77. The molecule has 0 aromatic heterocycles. The summed E-state index contributed by atoms with van der Waals surface area (Å²) in [5.41, 5.74) is 2.62. The van der Waals surface area contributed by atoms with Crippen molar-refractivity contribution in [3.05, 3.63) is 69.8 Å². The normalized spacial score (nSPS) is 18.1. The van der Waals surface area contributed by atoms with E-state index in [1.165, 1.54) is 6.07 Å². The number of carbonyl (C=O) groups is 1. The van der Waals surface area contributed by atoms with E-state index < -0.39 is 11.0 Å². The second kappa shape index (κ2) is 7.24. The molecule has 2 aliphatic rings. The molecule has 2 aromatic rings. The van der Waals surface area contributed by atoms with Crippen molar-refractivity contribution in [1.29, 1.82) is 0 Å². The van der Waals surface area contributed by atoms with Gasteiger partial charge in [0.2, 0.25) is 5.91 Å². The number of hydrogen-bond donors (Lipinski definition) is 1. The summed E-state index contributed by atoms with van der Waals surface area (Å²) in [6.45, 7) is 4.80. The van der Waals surface area contributed by atoms with Crippen molar-refractivity contribution in [1.82, 2.24) is 4.90 Å². The van der Waals surface area contributed by atoms with E-state index in [1.807, 2.05) is 36.1 Å². The second-order valence-electron chi connectivity index (χ2n) is 7.85. The highest BCUT2D eigenvalue weighted by molar-refractivity contribution is 5.86. The standard InChI is InChI=1S/C21H23N3O4/c1-15-6-8-16(9-7-15)10-18(20(25)23-11-21(12-23)13-28-14-21)22-17-4-2-3-5-19(17)24(26)27/h2-9,18,22H,10-14H2,1H3. The van der Waals surface area contributed by atoms with Gasteiger partial charge in [0.1, 0.15) is 11.7 Å². The molecule has 1 spiro atoms. The molecule has 2 aliphatic heterocycles. The molecule has 0 radical (unpaired) electrons. The molecular formula is C21H23N3O4. The van der Waals surface area contributed by atoms with Crippen molar-refractivity contribution < 1.29 is 14.5 Å². The first kappa shape index (κ1) is 18.4. The van der Waals surface area contributed by atoms with Gasteiger partial charge in [-0.05, 0) is 18.6 Å². The van der Waals surface area contributed by atoms with Crippen molar-refractivity contribution in [3.8, 4) is 0 Å². The average Bonchev–Trinajstić information content (AvgIpc) is 2.60. The zero-order valence-corrected chi connectivity index (χ0v) is 15.8. The van der Waals surface area contributed by atoms with E-state index >= 15 is 0 Å². The van der Waals surface area contributed by atoms with Crippen LogP contribution in [0.4, 0.5) is 11.4 Å². The summed E-state index contributed by atoms with van der Waals surface area (Å²) in [6.07, 6.45) is 0.463. The van der Waals surface area contributed by atoms with Crippen molar-refractivity contribution >= 4 is 17.3 Å². The van der Waals surface area contributed by atoms with Crippen LogP contribution in [0, 0.1) is 22.5 Å². The molecule has 1 N–H and O–H groups in total. The van der Waals surface area contributed by atoms with Gasteiger partial charge in [-0.15, -0.1) is 0 Å². The molecule has 0 saturated carbocycles. The highest BCUT2D eigenvalue weighted by Crippen LogP contribution is 2.38. The molecule has 0 bridgehead atoms. The number of para-hydroxylation sites is 2. The molecular weight excluding hydrogens is 358 g/mol. The second-order valence-corrected chi connectivity index (χ2v) is 7.85. The number of nitro groups is 1. The monoisotopic (exact) mass is 381 g/mol. The van der Waals surface area contributed by atoms with Crippen LogP contribution in [0.2, 0.25) is 0 Å². The zero-order valence-electron chi connectivity index (χ0n) is 15.8. The Balaban J connectivity index is 1.55. The van der Waals surface area contributed by atoms with Gasteiger partial charge < -0.3 is 15.0 Å². The van der Waals surface area contributed by atoms with Crippen LogP contribution in [0.3, 0.4) is 0 Å². The number of rotatable bonds is 6. The molecule has 7 heteroatoms. The number of nitrogens with zero attached hydrogens (tertiary/aromatic N) is 2. The van der Waals surface area contributed by atoms with Gasteiger partial charge in [-0.3, -0.25) is 14.9 Å². The molecule has 2 heterocycles. The lowest BCUT2D eigenvalue weighted by atomic mass is 9.77. The molecule has 4 rings (SSSR count). The van der Waals surface area contributed by atoms with E-state index in [0.717, 1.165) is 11.1 Å². The molecule has 2 saturated heterocycles. The number of carbonyl (C=O) groups excluding carboxylic acids is 1. The first-order valence-electron chi connectivity index (χ1n) is 9.38. The van der Waals surface area contributed by atoms with E-state index in [9.17, 15) is 14.9 Å². The third-order valence-electron chi connectivity index (χ3n) is 5.47. The molecule has 146 valence electrons. The minimum Gasteiger partial charge on any atom is -0.380 e. The van der Waals surface area contributed by atoms with E-state index in [2.05, 4.69) is 5.32 Å². The molecule has 1 atom stereocenters. The fourth-order valence-electron chi connectivity index (χ4n) is 3.82. The van der Waals surface area contributed by atoms with Crippen LogP contribution in [0.25, 0.3) is 0 Å². The Morgan fingerprint density at radius 1 is 1.21 bits per heavy atom. The number of aryl methyl sites for hydroxylation is 1. The third-order valence-corrected chi connectivity index (χ3v) is 5.47. The molecule has 1 unspecified atom stereocenters. The van der Waals surface area contributed by atoms with Crippen LogP contribution >= 0.6 is 0 Å². The van der Waals surface area contributed by atoms with Gasteiger partial charge in [-0.25, -0.2) is 0 Å². The minimum atomic E-state index is -0.567. The van der Waals surface area contributed by atoms with Gasteiger partial charge in [-0.2, -0.15) is 0 Å². The maximum absolute atomic E-state index is 13.2. The topological polar surface area (TPSA) is 84.7 Å². The number of ether oxygens (including phenoxy) is 1. The lowest BCUT2D eigenvalue weighted by Crippen LogP contribution is -2.68. The van der Waals surface area contributed by atoms with Gasteiger partial charge in [0.05, 0.1) is 23.6 Å². The number of amides is 1. The average molecular weight is 381 g/mol. The molecule has 28 heavy (non-hydrogen) atoms. The Labute approximate surface area is 163 Å². The number of hydrogen-bond acceptors (Lipinski definition) is 5. The Bertz CT molecular complexity index is 885. The van der Waals surface area contributed by atoms with Crippen LogP contribution in [0.1, 0.15) is 11.1 Å². The number of anilines is 1. The van der Waals surface area contributed by atoms with Gasteiger partial charge in [-0.1, -0.05) is 42.0 Å². The number of nitro benzene ring substituents is 1. The Hall–Kier alpha value is -2.93. The fraction of sp³-hybridized carbons (Fsp3) is 0.381. The number of likely N-dealkylation sites (tertiary alicyclic amines) is 1. The summed E-state index contributed by atoms with van der Waals surface area (Å²) in [6, 6.07) is 13.9. The summed E-state index contributed by atoms with van der Waals surface area (Å²) in [7, 11) is 0.